The van der Waals surface area contributed by atoms with E-state index in [9.17, 15) is 9.59 Å². The predicted octanol–water partition coefficient (Wildman–Crippen LogP) is 0.916. The van der Waals surface area contributed by atoms with Crippen LogP contribution in [0.25, 0.3) is 0 Å². The predicted molar refractivity (Wildman–Crippen MR) is 82.0 cm³/mol. The van der Waals surface area contributed by atoms with Crippen molar-refractivity contribution in [2.45, 2.75) is 39.0 Å². The number of aryl methyl sites for hydroxylation is 1. The fourth-order valence-electron chi connectivity index (χ4n) is 2.29. The minimum absolute atomic E-state index is 0.0449. The topological polar surface area (TPSA) is 108 Å². The standard InChI is InChI=1S/C15H17N5O4/c1-2-7-20-13(17-18-19-20)9-23-14(21)8-12-15(22)16-10-5-3-4-6-11(10)24-12/h3-6,12H,2,7-9H2,1H3,(H,16,22)/t12-/m1/s1. The summed E-state index contributed by atoms with van der Waals surface area (Å²) in [4.78, 5) is 24.0. The number of tetrazole rings is 1. The van der Waals surface area contributed by atoms with Gasteiger partial charge in [-0.3, -0.25) is 9.59 Å². The molecule has 1 atom stereocenters. The van der Waals surface area contributed by atoms with Gasteiger partial charge in [0.25, 0.3) is 5.91 Å². The zero-order valence-corrected chi connectivity index (χ0v) is 13.1. The summed E-state index contributed by atoms with van der Waals surface area (Å²) in [6.07, 6.45) is -0.240. The molecule has 9 heteroatoms. The zero-order valence-electron chi connectivity index (χ0n) is 13.1. The lowest BCUT2D eigenvalue weighted by Crippen LogP contribution is -2.38. The van der Waals surface area contributed by atoms with E-state index in [1.165, 1.54) is 0 Å². The molecule has 126 valence electrons. The highest BCUT2D eigenvalue weighted by Gasteiger charge is 2.30. The fraction of sp³-hybridized carbons (Fsp3) is 0.400. The van der Waals surface area contributed by atoms with Gasteiger partial charge in [-0.05, 0) is 29.0 Å². The van der Waals surface area contributed by atoms with Crippen LogP contribution in [-0.4, -0.2) is 38.2 Å². The normalized spacial score (nSPS) is 16.0. The maximum atomic E-state index is 12.0. The van der Waals surface area contributed by atoms with Crippen LogP contribution in [0.4, 0.5) is 5.69 Å². The molecule has 0 radical (unpaired) electrons. The Kier molecular flexibility index (Phi) is 4.69. The van der Waals surface area contributed by atoms with Crippen LogP contribution < -0.4 is 10.1 Å². The van der Waals surface area contributed by atoms with Gasteiger partial charge in [0, 0.05) is 6.54 Å². The minimum Gasteiger partial charge on any atom is -0.478 e. The molecule has 1 aromatic heterocycles. The summed E-state index contributed by atoms with van der Waals surface area (Å²) in [5, 5.41) is 13.9. The van der Waals surface area contributed by atoms with Crippen molar-refractivity contribution in [2.75, 3.05) is 5.32 Å². The van der Waals surface area contributed by atoms with E-state index in [-0.39, 0.29) is 18.9 Å². The third kappa shape index (κ3) is 3.50. The summed E-state index contributed by atoms with van der Waals surface area (Å²) >= 11 is 0. The van der Waals surface area contributed by atoms with E-state index in [2.05, 4.69) is 20.8 Å². The lowest BCUT2D eigenvalue weighted by Gasteiger charge is -2.25. The number of fused-ring (bicyclic) bond motifs is 1. The third-order valence-electron chi connectivity index (χ3n) is 3.46. The van der Waals surface area contributed by atoms with Crippen LogP contribution in [-0.2, 0) is 27.5 Å². The summed E-state index contributed by atoms with van der Waals surface area (Å²) in [7, 11) is 0. The Morgan fingerprint density at radius 3 is 3.08 bits per heavy atom. The molecule has 0 unspecified atom stereocenters. The van der Waals surface area contributed by atoms with Gasteiger partial charge in [-0.2, -0.15) is 0 Å². The average Bonchev–Trinajstić information content (AvgIpc) is 3.01. The molecule has 0 spiro atoms. The van der Waals surface area contributed by atoms with E-state index >= 15 is 0 Å². The van der Waals surface area contributed by atoms with Gasteiger partial charge in [-0.25, -0.2) is 4.68 Å². The van der Waals surface area contributed by atoms with Crippen LogP contribution >= 0.6 is 0 Å². The number of benzene rings is 1. The third-order valence-corrected chi connectivity index (χ3v) is 3.46. The second kappa shape index (κ2) is 7.07. The van der Waals surface area contributed by atoms with Crippen LogP contribution in [0, 0.1) is 0 Å². The molecule has 1 N–H and O–H groups in total. The van der Waals surface area contributed by atoms with E-state index in [4.69, 9.17) is 9.47 Å². The molecule has 2 aromatic rings. The largest absolute Gasteiger partial charge is 0.478 e. The smallest absolute Gasteiger partial charge is 0.310 e. The van der Waals surface area contributed by atoms with Crippen molar-refractivity contribution in [2.24, 2.45) is 0 Å². The molecule has 3 rings (SSSR count). The minimum atomic E-state index is -0.918. The van der Waals surface area contributed by atoms with Crippen LogP contribution in [0.5, 0.6) is 5.75 Å². The number of ether oxygens (including phenoxy) is 2. The SMILES string of the molecule is CCCn1nnnc1COC(=O)C[C@H]1Oc2ccccc2NC1=O. The summed E-state index contributed by atoms with van der Waals surface area (Å²) in [5.74, 6) is 0.0633. The maximum absolute atomic E-state index is 12.0. The molecule has 1 aliphatic heterocycles. The van der Waals surface area contributed by atoms with Crippen molar-refractivity contribution in [3.05, 3.63) is 30.1 Å². The molecule has 1 aliphatic rings. The Balaban J connectivity index is 1.55. The van der Waals surface area contributed by atoms with Gasteiger partial charge in [0.05, 0.1) is 12.1 Å². The number of amides is 1. The Morgan fingerprint density at radius 1 is 1.42 bits per heavy atom. The number of aromatic nitrogens is 4. The van der Waals surface area contributed by atoms with Crippen LogP contribution in [0.1, 0.15) is 25.6 Å². The first-order chi connectivity index (χ1) is 11.7. The Morgan fingerprint density at radius 2 is 2.25 bits per heavy atom. The van der Waals surface area contributed by atoms with Crippen molar-refractivity contribution >= 4 is 17.6 Å². The molecular weight excluding hydrogens is 314 g/mol. The molecule has 2 heterocycles. The van der Waals surface area contributed by atoms with E-state index in [1.54, 1.807) is 28.9 Å². The summed E-state index contributed by atoms with van der Waals surface area (Å²) in [6, 6.07) is 7.04. The van der Waals surface area contributed by atoms with Crippen molar-refractivity contribution in [1.82, 2.24) is 20.2 Å². The van der Waals surface area contributed by atoms with Crippen LogP contribution in [0.3, 0.4) is 0 Å². The average molecular weight is 331 g/mol. The van der Waals surface area contributed by atoms with Gasteiger partial charge >= 0.3 is 5.97 Å². The number of para-hydroxylation sites is 2. The van der Waals surface area contributed by atoms with Crippen LogP contribution in [0.15, 0.2) is 24.3 Å². The molecule has 0 aliphatic carbocycles. The van der Waals surface area contributed by atoms with Gasteiger partial charge in [0.15, 0.2) is 18.5 Å². The lowest BCUT2D eigenvalue weighted by atomic mass is 10.1. The van der Waals surface area contributed by atoms with E-state index in [1.807, 2.05) is 6.92 Å². The van der Waals surface area contributed by atoms with Crippen LogP contribution in [0.2, 0.25) is 0 Å². The molecule has 0 bridgehead atoms. The second-order valence-corrected chi connectivity index (χ2v) is 5.27. The molecule has 1 aromatic carbocycles. The molecular formula is C15H17N5O4. The summed E-state index contributed by atoms with van der Waals surface area (Å²) in [5.41, 5.74) is 0.589. The Hall–Kier alpha value is -2.97. The highest BCUT2D eigenvalue weighted by molar-refractivity contribution is 5.99. The lowest BCUT2D eigenvalue weighted by molar-refractivity contribution is -0.149. The summed E-state index contributed by atoms with van der Waals surface area (Å²) < 4.78 is 12.3. The highest BCUT2D eigenvalue weighted by Crippen LogP contribution is 2.29. The molecule has 9 nitrogen and oxygen atoms in total. The fourth-order valence-corrected chi connectivity index (χ4v) is 2.29. The number of hydrogen-bond donors (Lipinski definition) is 1. The first kappa shape index (κ1) is 15.9. The van der Waals surface area contributed by atoms with Crippen molar-refractivity contribution < 1.29 is 19.1 Å². The number of carbonyl (C=O) groups excluding carboxylic acids is 2. The molecule has 1 amide bonds. The Labute approximate surface area is 137 Å². The van der Waals surface area contributed by atoms with E-state index < -0.39 is 12.1 Å². The van der Waals surface area contributed by atoms with Crippen molar-refractivity contribution in [1.29, 1.82) is 0 Å². The van der Waals surface area contributed by atoms with Gasteiger partial charge in [0.1, 0.15) is 5.75 Å². The first-order valence-electron chi connectivity index (χ1n) is 7.64. The Bertz CT molecular complexity index is 745. The van der Waals surface area contributed by atoms with Crippen molar-refractivity contribution in [3.8, 4) is 5.75 Å². The highest BCUT2D eigenvalue weighted by atomic mass is 16.5. The van der Waals surface area contributed by atoms with Gasteiger partial charge in [-0.15, -0.1) is 5.10 Å². The quantitative estimate of drug-likeness (QED) is 0.784. The van der Waals surface area contributed by atoms with Crippen molar-refractivity contribution in [3.63, 3.8) is 0 Å². The number of esters is 1. The number of hydrogen-bond acceptors (Lipinski definition) is 7. The number of rotatable bonds is 6. The molecule has 24 heavy (non-hydrogen) atoms. The molecule has 0 fully saturated rings. The van der Waals surface area contributed by atoms with Gasteiger partial charge < -0.3 is 14.8 Å². The number of nitrogens with one attached hydrogen (secondary N) is 1. The van der Waals surface area contributed by atoms with E-state index in [0.717, 1.165) is 6.42 Å². The molecule has 0 saturated carbocycles. The molecule has 0 saturated heterocycles. The monoisotopic (exact) mass is 331 g/mol. The zero-order chi connectivity index (χ0) is 16.9. The van der Waals surface area contributed by atoms with E-state index in [0.29, 0.717) is 23.8 Å². The second-order valence-electron chi connectivity index (χ2n) is 5.27. The number of nitrogens with zero attached hydrogens (tertiary/aromatic N) is 4. The number of carbonyl (C=O) groups is 2. The first-order valence-corrected chi connectivity index (χ1v) is 7.64. The number of anilines is 1. The van der Waals surface area contributed by atoms with Gasteiger partial charge in [0.2, 0.25) is 0 Å². The summed E-state index contributed by atoms with van der Waals surface area (Å²) in [6.45, 7) is 2.59. The maximum Gasteiger partial charge on any atom is 0.310 e. The van der Waals surface area contributed by atoms with Gasteiger partial charge in [-0.1, -0.05) is 19.1 Å².